The van der Waals surface area contributed by atoms with Crippen molar-refractivity contribution >= 4 is 10.0 Å². The Morgan fingerprint density at radius 3 is 2.81 bits per heavy atom. The normalized spacial score (nSPS) is 23.8. The molecule has 2 aliphatic rings. The molecule has 2 aliphatic heterocycles. The van der Waals surface area contributed by atoms with Crippen LogP contribution in [0.1, 0.15) is 29.9 Å². The summed E-state index contributed by atoms with van der Waals surface area (Å²) in [6, 6.07) is 4.92. The molecule has 1 spiro atoms. The first kappa shape index (κ1) is 17.5. The van der Waals surface area contributed by atoms with Crippen molar-refractivity contribution in [2.24, 2.45) is 0 Å². The van der Waals surface area contributed by atoms with E-state index >= 15 is 0 Å². The fourth-order valence-corrected chi connectivity index (χ4v) is 5.28. The van der Waals surface area contributed by atoms with Crippen molar-refractivity contribution in [2.75, 3.05) is 19.7 Å². The van der Waals surface area contributed by atoms with Gasteiger partial charge in [-0.1, -0.05) is 0 Å². The van der Waals surface area contributed by atoms with Crippen LogP contribution >= 0.6 is 0 Å². The molecular weight excluding hydrogens is 357 g/mol. The summed E-state index contributed by atoms with van der Waals surface area (Å²) in [6.07, 6.45) is 3.92. The summed E-state index contributed by atoms with van der Waals surface area (Å²) in [7, 11) is -3.72. The number of ether oxygens (including phenoxy) is 1. The minimum absolute atomic E-state index is 0.0888. The Bertz CT molecular complexity index is 933. The first-order valence-corrected chi connectivity index (χ1v) is 10.1. The van der Waals surface area contributed by atoms with Gasteiger partial charge >= 0.3 is 0 Å². The molecule has 0 bridgehead atoms. The molecule has 1 aromatic heterocycles. The average Bonchev–Trinajstić information content (AvgIpc) is 2.63. The maximum atomic E-state index is 13.2. The molecular formula is C18H20FN3O3S. The summed E-state index contributed by atoms with van der Waals surface area (Å²) >= 11 is 0. The molecule has 8 heteroatoms. The zero-order valence-electron chi connectivity index (χ0n) is 14.5. The molecule has 3 heterocycles. The van der Waals surface area contributed by atoms with Crippen molar-refractivity contribution in [3.8, 4) is 0 Å². The quantitative estimate of drug-likeness (QED) is 0.802. The second-order valence-electron chi connectivity index (χ2n) is 6.78. The fourth-order valence-electron chi connectivity index (χ4n) is 3.75. The van der Waals surface area contributed by atoms with Gasteiger partial charge in [-0.15, -0.1) is 0 Å². The minimum Gasteiger partial charge on any atom is -0.367 e. The molecule has 6 nitrogen and oxygen atoms in total. The molecule has 0 amide bonds. The van der Waals surface area contributed by atoms with E-state index in [1.54, 1.807) is 0 Å². The third-order valence-electron chi connectivity index (χ3n) is 5.04. The van der Waals surface area contributed by atoms with Gasteiger partial charge in [-0.25, -0.2) is 22.8 Å². The lowest BCUT2D eigenvalue weighted by molar-refractivity contribution is -0.0935. The number of hydrogen-bond acceptors (Lipinski definition) is 5. The van der Waals surface area contributed by atoms with Crippen LogP contribution < -0.4 is 0 Å². The second-order valence-corrected chi connectivity index (χ2v) is 8.72. The van der Waals surface area contributed by atoms with Crippen LogP contribution in [-0.2, 0) is 26.8 Å². The van der Waals surface area contributed by atoms with Crippen molar-refractivity contribution in [3.05, 3.63) is 53.4 Å². The van der Waals surface area contributed by atoms with E-state index in [1.807, 2.05) is 13.1 Å². The highest BCUT2D eigenvalue weighted by Crippen LogP contribution is 2.40. The number of sulfonamides is 1. The number of benzene rings is 1. The number of fused-ring (bicyclic) bond motifs is 2. The van der Waals surface area contributed by atoms with Gasteiger partial charge in [0.2, 0.25) is 10.0 Å². The first-order valence-electron chi connectivity index (χ1n) is 8.63. The number of piperidine rings is 1. The third-order valence-corrected chi connectivity index (χ3v) is 6.90. The molecule has 4 rings (SSSR count). The Morgan fingerprint density at radius 2 is 2.04 bits per heavy atom. The number of halogens is 1. The Hall–Kier alpha value is -1.90. The Morgan fingerprint density at radius 1 is 1.27 bits per heavy atom. The van der Waals surface area contributed by atoms with Gasteiger partial charge in [0, 0.05) is 19.3 Å². The Labute approximate surface area is 152 Å². The minimum atomic E-state index is -3.72. The molecule has 1 atom stereocenters. The number of aryl methyl sites for hydroxylation is 1. The van der Waals surface area contributed by atoms with E-state index in [0.717, 1.165) is 29.8 Å². The number of aromatic nitrogens is 2. The van der Waals surface area contributed by atoms with Crippen LogP contribution in [-0.4, -0.2) is 42.4 Å². The molecule has 26 heavy (non-hydrogen) atoms. The van der Waals surface area contributed by atoms with Gasteiger partial charge in [-0.2, -0.15) is 4.31 Å². The highest BCUT2D eigenvalue weighted by Gasteiger charge is 2.46. The lowest BCUT2D eigenvalue weighted by Crippen LogP contribution is -2.52. The molecule has 138 valence electrons. The fraction of sp³-hybridized carbons (Fsp3) is 0.444. The predicted octanol–water partition coefficient (Wildman–Crippen LogP) is 2.18. The largest absolute Gasteiger partial charge is 0.367 e. The average molecular weight is 377 g/mol. The van der Waals surface area contributed by atoms with Gasteiger partial charge in [0.05, 0.1) is 17.2 Å². The van der Waals surface area contributed by atoms with E-state index in [4.69, 9.17) is 4.74 Å². The maximum absolute atomic E-state index is 13.2. The van der Waals surface area contributed by atoms with Crippen LogP contribution in [0.15, 0.2) is 35.4 Å². The lowest BCUT2D eigenvalue weighted by atomic mass is 9.85. The number of nitrogens with zero attached hydrogens (tertiary/aromatic N) is 3. The zero-order chi connectivity index (χ0) is 18.4. The van der Waals surface area contributed by atoms with Gasteiger partial charge in [0.1, 0.15) is 17.2 Å². The van der Waals surface area contributed by atoms with Crippen LogP contribution in [0.2, 0.25) is 0 Å². The lowest BCUT2D eigenvalue weighted by Gasteiger charge is -2.44. The molecule has 0 N–H and O–H groups in total. The molecule has 0 saturated carbocycles. The highest BCUT2D eigenvalue weighted by atomic mass is 32.2. The molecule has 1 aromatic carbocycles. The number of hydrogen-bond donors (Lipinski definition) is 0. The molecule has 0 aliphatic carbocycles. The summed E-state index contributed by atoms with van der Waals surface area (Å²) in [5, 5.41) is 0. The van der Waals surface area contributed by atoms with E-state index in [9.17, 15) is 12.8 Å². The second kappa shape index (κ2) is 6.37. The molecule has 1 unspecified atom stereocenters. The van der Waals surface area contributed by atoms with Crippen LogP contribution in [0.25, 0.3) is 0 Å². The summed E-state index contributed by atoms with van der Waals surface area (Å²) in [6.45, 7) is 2.95. The standard InChI is InChI=1S/C18H20FN3O3S/c1-13-20-11-14-7-10-25-18(17(14)21-13)8-2-9-22(12-18)26(23,24)16-5-3-15(19)4-6-16/h3-6,11H,2,7-10,12H2,1H3. The molecule has 1 saturated heterocycles. The van der Waals surface area contributed by atoms with Crippen molar-refractivity contribution in [2.45, 2.75) is 36.7 Å². The van der Waals surface area contributed by atoms with Crippen molar-refractivity contribution < 1.29 is 17.5 Å². The van der Waals surface area contributed by atoms with E-state index in [0.29, 0.717) is 31.8 Å². The van der Waals surface area contributed by atoms with E-state index in [1.165, 1.54) is 16.4 Å². The van der Waals surface area contributed by atoms with Crippen LogP contribution in [0.4, 0.5) is 4.39 Å². The van der Waals surface area contributed by atoms with Crippen molar-refractivity contribution in [3.63, 3.8) is 0 Å². The third kappa shape index (κ3) is 2.91. The Kier molecular flexibility index (Phi) is 4.29. The summed E-state index contributed by atoms with van der Waals surface area (Å²) < 4.78 is 46.7. The van der Waals surface area contributed by atoms with Crippen LogP contribution in [0, 0.1) is 12.7 Å². The monoisotopic (exact) mass is 377 g/mol. The molecule has 2 aromatic rings. The summed E-state index contributed by atoms with van der Waals surface area (Å²) in [5.74, 6) is 0.183. The van der Waals surface area contributed by atoms with Gasteiger partial charge in [-0.3, -0.25) is 0 Å². The predicted molar refractivity (Wildman–Crippen MR) is 92.5 cm³/mol. The summed E-state index contributed by atoms with van der Waals surface area (Å²) in [4.78, 5) is 8.93. The van der Waals surface area contributed by atoms with E-state index < -0.39 is 21.4 Å². The SMILES string of the molecule is Cc1ncc2c(n1)C1(CCCN(S(=O)(=O)c3ccc(F)cc3)C1)OCC2. The van der Waals surface area contributed by atoms with Crippen LogP contribution in [0.5, 0.6) is 0 Å². The smallest absolute Gasteiger partial charge is 0.243 e. The van der Waals surface area contributed by atoms with E-state index in [-0.39, 0.29) is 11.4 Å². The number of rotatable bonds is 2. The topological polar surface area (TPSA) is 72.4 Å². The first-order chi connectivity index (χ1) is 12.4. The molecule has 1 fully saturated rings. The Balaban J connectivity index is 1.71. The van der Waals surface area contributed by atoms with Crippen molar-refractivity contribution in [1.29, 1.82) is 0 Å². The van der Waals surface area contributed by atoms with Crippen LogP contribution in [0.3, 0.4) is 0 Å². The molecule has 0 radical (unpaired) electrons. The van der Waals surface area contributed by atoms with Crippen molar-refractivity contribution in [1.82, 2.24) is 14.3 Å². The van der Waals surface area contributed by atoms with E-state index in [2.05, 4.69) is 9.97 Å². The highest BCUT2D eigenvalue weighted by molar-refractivity contribution is 7.89. The summed E-state index contributed by atoms with van der Waals surface area (Å²) in [5.41, 5.74) is 1.07. The van der Waals surface area contributed by atoms with Gasteiger partial charge in [-0.05, 0) is 56.0 Å². The zero-order valence-corrected chi connectivity index (χ0v) is 15.3. The van der Waals surface area contributed by atoms with Gasteiger partial charge < -0.3 is 4.74 Å². The van der Waals surface area contributed by atoms with Gasteiger partial charge in [0.25, 0.3) is 0 Å². The van der Waals surface area contributed by atoms with Gasteiger partial charge in [0.15, 0.2) is 0 Å². The maximum Gasteiger partial charge on any atom is 0.243 e.